The Bertz CT molecular complexity index is 1020. The second kappa shape index (κ2) is 10.0. The lowest BCUT2D eigenvalue weighted by Crippen LogP contribution is -2.33. The van der Waals surface area contributed by atoms with E-state index in [1.165, 1.54) is 6.07 Å². The van der Waals surface area contributed by atoms with Crippen LogP contribution in [0.3, 0.4) is 0 Å². The van der Waals surface area contributed by atoms with Crippen molar-refractivity contribution < 1.29 is 14.0 Å². The number of amides is 2. The van der Waals surface area contributed by atoms with Gasteiger partial charge in [0.15, 0.2) is 0 Å². The zero-order valence-corrected chi connectivity index (χ0v) is 17.2. The van der Waals surface area contributed by atoms with Crippen molar-refractivity contribution in [2.45, 2.75) is 25.8 Å². The van der Waals surface area contributed by atoms with Gasteiger partial charge in [-0.3, -0.25) is 9.59 Å². The molecule has 0 aliphatic rings. The van der Waals surface area contributed by atoms with E-state index in [2.05, 4.69) is 20.6 Å². The molecule has 6 nitrogen and oxygen atoms in total. The average molecular weight is 429 g/mol. The van der Waals surface area contributed by atoms with Gasteiger partial charge in [0.2, 0.25) is 5.91 Å². The minimum absolute atomic E-state index is 0.0232. The van der Waals surface area contributed by atoms with Gasteiger partial charge in [0, 0.05) is 13.0 Å². The Labute approximate surface area is 178 Å². The molecule has 2 aromatic carbocycles. The first-order chi connectivity index (χ1) is 14.5. The van der Waals surface area contributed by atoms with E-state index in [9.17, 15) is 14.0 Å². The van der Waals surface area contributed by atoms with Gasteiger partial charge in [0.25, 0.3) is 5.91 Å². The molecule has 1 atom stereocenters. The van der Waals surface area contributed by atoms with Crippen LogP contribution in [0.4, 0.5) is 4.39 Å². The maximum absolute atomic E-state index is 13.1. The van der Waals surface area contributed by atoms with E-state index >= 15 is 0 Å². The van der Waals surface area contributed by atoms with Gasteiger partial charge < -0.3 is 15.6 Å². The standard InChI is InChI=1S/C22H22ClFN4O2/c1-2-18(21-26-13-19(28-21)14-6-4-3-5-7-14)27-20(29)10-11-25-22(30)16-9-8-15(24)12-17(16)23/h3-9,12-13,18H,2,10-11H2,1H3,(H,25,30)(H,26,28)(H,27,29). The summed E-state index contributed by atoms with van der Waals surface area (Å²) >= 11 is 5.88. The third kappa shape index (κ3) is 5.45. The van der Waals surface area contributed by atoms with E-state index in [1.807, 2.05) is 37.3 Å². The maximum atomic E-state index is 13.1. The summed E-state index contributed by atoms with van der Waals surface area (Å²) in [6.07, 6.45) is 2.49. The first kappa shape index (κ1) is 21.5. The van der Waals surface area contributed by atoms with Crippen LogP contribution in [0.1, 0.15) is 42.0 Å². The van der Waals surface area contributed by atoms with Gasteiger partial charge in [-0.2, -0.15) is 0 Å². The molecule has 0 saturated heterocycles. The first-order valence-corrected chi connectivity index (χ1v) is 9.98. The van der Waals surface area contributed by atoms with E-state index in [-0.39, 0.29) is 35.5 Å². The number of carbonyl (C=O) groups is 2. The lowest BCUT2D eigenvalue weighted by molar-refractivity contribution is -0.121. The summed E-state index contributed by atoms with van der Waals surface area (Å²) in [7, 11) is 0. The predicted octanol–water partition coefficient (Wildman–Crippen LogP) is 4.26. The molecule has 1 heterocycles. The lowest BCUT2D eigenvalue weighted by atomic mass is 10.2. The van der Waals surface area contributed by atoms with Gasteiger partial charge in [0.05, 0.1) is 28.5 Å². The van der Waals surface area contributed by atoms with Crippen LogP contribution in [-0.2, 0) is 4.79 Å². The van der Waals surface area contributed by atoms with Crippen LogP contribution in [0, 0.1) is 5.82 Å². The van der Waals surface area contributed by atoms with Gasteiger partial charge in [-0.25, -0.2) is 9.37 Å². The van der Waals surface area contributed by atoms with Crippen LogP contribution in [-0.4, -0.2) is 28.3 Å². The van der Waals surface area contributed by atoms with Gasteiger partial charge in [-0.15, -0.1) is 0 Å². The summed E-state index contributed by atoms with van der Waals surface area (Å²) in [6, 6.07) is 13.1. The van der Waals surface area contributed by atoms with Crippen LogP contribution in [0.2, 0.25) is 5.02 Å². The Kier molecular flexibility index (Phi) is 7.19. The molecule has 2 amide bonds. The number of nitrogens with one attached hydrogen (secondary N) is 3. The molecule has 0 bridgehead atoms. The van der Waals surface area contributed by atoms with Gasteiger partial charge in [-0.1, -0.05) is 48.9 Å². The highest BCUT2D eigenvalue weighted by atomic mass is 35.5. The van der Waals surface area contributed by atoms with Crippen LogP contribution >= 0.6 is 11.6 Å². The van der Waals surface area contributed by atoms with Gasteiger partial charge >= 0.3 is 0 Å². The zero-order valence-electron chi connectivity index (χ0n) is 16.4. The second-order valence-corrected chi connectivity index (χ2v) is 7.11. The molecule has 1 aromatic heterocycles. The number of aromatic nitrogens is 2. The molecule has 3 aromatic rings. The van der Waals surface area contributed by atoms with Crippen molar-refractivity contribution in [2.24, 2.45) is 0 Å². The molecule has 156 valence electrons. The van der Waals surface area contributed by atoms with Crippen molar-refractivity contribution in [1.82, 2.24) is 20.6 Å². The number of rotatable bonds is 8. The average Bonchev–Trinajstić information content (AvgIpc) is 3.22. The molecule has 8 heteroatoms. The van der Waals surface area contributed by atoms with Crippen molar-refractivity contribution in [2.75, 3.05) is 6.54 Å². The molecule has 3 rings (SSSR count). The summed E-state index contributed by atoms with van der Waals surface area (Å²) in [5, 5.41) is 5.56. The molecular weight excluding hydrogens is 407 g/mol. The highest BCUT2D eigenvalue weighted by Crippen LogP contribution is 2.20. The fourth-order valence-corrected chi connectivity index (χ4v) is 3.22. The summed E-state index contributed by atoms with van der Waals surface area (Å²) in [5.74, 6) is -0.523. The van der Waals surface area contributed by atoms with Crippen molar-refractivity contribution in [3.63, 3.8) is 0 Å². The Hall–Kier alpha value is -3.19. The molecule has 0 aliphatic heterocycles. The summed E-state index contributed by atoms with van der Waals surface area (Å²) in [5.41, 5.74) is 2.05. The number of imidazole rings is 1. The monoisotopic (exact) mass is 428 g/mol. The minimum Gasteiger partial charge on any atom is -0.351 e. The van der Waals surface area contributed by atoms with Gasteiger partial charge in [-0.05, 0) is 30.2 Å². The van der Waals surface area contributed by atoms with Crippen LogP contribution in [0.15, 0.2) is 54.7 Å². The Balaban J connectivity index is 1.52. The number of hydrogen-bond acceptors (Lipinski definition) is 3. The van der Waals surface area contributed by atoms with Gasteiger partial charge in [0.1, 0.15) is 11.6 Å². The molecule has 0 spiro atoms. The van der Waals surface area contributed by atoms with E-state index in [4.69, 9.17) is 11.6 Å². The highest BCUT2D eigenvalue weighted by molar-refractivity contribution is 6.33. The summed E-state index contributed by atoms with van der Waals surface area (Å²) < 4.78 is 13.1. The fourth-order valence-electron chi connectivity index (χ4n) is 2.97. The van der Waals surface area contributed by atoms with Crippen molar-refractivity contribution >= 4 is 23.4 Å². The zero-order chi connectivity index (χ0) is 21.5. The molecule has 0 radical (unpaired) electrons. The number of hydrogen-bond donors (Lipinski definition) is 3. The molecule has 30 heavy (non-hydrogen) atoms. The molecular formula is C22H22ClFN4O2. The van der Waals surface area contributed by atoms with E-state index in [0.717, 1.165) is 23.4 Å². The molecule has 0 fully saturated rings. The highest BCUT2D eigenvalue weighted by Gasteiger charge is 2.17. The van der Waals surface area contributed by atoms with E-state index < -0.39 is 11.7 Å². The maximum Gasteiger partial charge on any atom is 0.252 e. The molecule has 0 saturated carbocycles. The largest absolute Gasteiger partial charge is 0.351 e. The van der Waals surface area contributed by atoms with Crippen molar-refractivity contribution in [3.05, 3.63) is 77.0 Å². The summed E-state index contributed by atoms with van der Waals surface area (Å²) in [6.45, 7) is 2.08. The molecule has 1 unspecified atom stereocenters. The van der Waals surface area contributed by atoms with E-state index in [0.29, 0.717) is 12.2 Å². The fraction of sp³-hybridized carbons (Fsp3) is 0.227. The third-order valence-corrected chi connectivity index (χ3v) is 4.88. The Morgan fingerprint density at radius 2 is 1.97 bits per heavy atom. The second-order valence-electron chi connectivity index (χ2n) is 6.71. The molecule has 0 aliphatic carbocycles. The SMILES string of the molecule is CCC(NC(=O)CCNC(=O)c1ccc(F)cc1Cl)c1ncc(-c2ccccc2)[nH]1. The molecule has 3 N–H and O–H groups in total. The number of H-pyrrole nitrogens is 1. The smallest absolute Gasteiger partial charge is 0.252 e. The summed E-state index contributed by atoms with van der Waals surface area (Å²) in [4.78, 5) is 32.1. The number of carbonyl (C=O) groups excluding carboxylic acids is 2. The van der Waals surface area contributed by atoms with Crippen LogP contribution < -0.4 is 10.6 Å². The number of halogens is 2. The van der Waals surface area contributed by atoms with Crippen molar-refractivity contribution in [1.29, 1.82) is 0 Å². The Morgan fingerprint density at radius 1 is 1.20 bits per heavy atom. The van der Waals surface area contributed by atoms with E-state index in [1.54, 1.807) is 6.20 Å². The van der Waals surface area contributed by atoms with Crippen LogP contribution in [0.25, 0.3) is 11.3 Å². The minimum atomic E-state index is -0.519. The van der Waals surface area contributed by atoms with Crippen LogP contribution in [0.5, 0.6) is 0 Å². The quantitative estimate of drug-likeness (QED) is 0.501. The number of benzene rings is 2. The van der Waals surface area contributed by atoms with Crippen molar-refractivity contribution in [3.8, 4) is 11.3 Å². The normalized spacial score (nSPS) is 11.7. The lowest BCUT2D eigenvalue weighted by Gasteiger charge is -2.15. The third-order valence-electron chi connectivity index (χ3n) is 4.57. The topological polar surface area (TPSA) is 86.9 Å². The Morgan fingerprint density at radius 3 is 2.67 bits per heavy atom. The predicted molar refractivity (Wildman–Crippen MR) is 114 cm³/mol. The number of nitrogens with zero attached hydrogens (tertiary/aromatic N) is 1. The number of aromatic amines is 1. The first-order valence-electron chi connectivity index (χ1n) is 9.61.